The zero-order valence-electron chi connectivity index (χ0n) is 10.1. The Morgan fingerprint density at radius 1 is 1.00 bits per heavy atom. The Hall–Kier alpha value is -1.91. The van der Waals surface area contributed by atoms with Gasteiger partial charge in [-0.1, -0.05) is 29.3 Å². The van der Waals surface area contributed by atoms with Gasteiger partial charge in [0.05, 0.1) is 0 Å². The van der Waals surface area contributed by atoms with Gasteiger partial charge in [-0.15, -0.1) is 0 Å². The number of hydrogen-bond donors (Lipinski definition) is 3. The molecule has 0 amide bonds. The van der Waals surface area contributed by atoms with Crippen LogP contribution < -0.4 is 0 Å². The molecule has 2 aromatic carbocycles. The maximum atomic E-state index is 12.1. The van der Waals surface area contributed by atoms with Crippen LogP contribution in [0, 0.1) is 0 Å². The number of carbonyl (C=O) groups is 1. The predicted octanol–water partition coefficient (Wildman–Crippen LogP) is 3.54. The lowest BCUT2D eigenvalue weighted by molar-refractivity contribution is 0.0987. The first-order valence-electron chi connectivity index (χ1n) is 5.60. The van der Waals surface area contributed by atoms with E-state index in [4.69, 9.17) is 23.2 Å². The highest BCUT2D eigenvalue weighted by Crippen LogP contribution is 2.33. The number of Topliss-reactive ketones (excluding diaryl/α,β-unsaturated/α-hetero) is 1. The average Bonchev–Trinajstić information content (AvgIpc) is 2.31. The topological polar surface area (TPSA) is 77.8 Å². The molecule has 3 N–H and O–H groups in total. The van der Waals surface area contributed by atoms with Crippen LogP contribution in [-0.4, -0.2) is 21.1 Å². The van der Waals surface area contributed by atoms with E-state index in [1.54, 1.807) is 12.1 Å². The van der Waals surface area contributed by atoms with Gasteiger partial charge in [-0.3, -0.25) is 4.79 Å². The molecule has 0 unspecified atom stereocenters. The first-order valence-corrected chi connectivity index (χ1v) is 6.36. The molecule has 20 heavy (non-hydrogen) atoms. The number of benzene rings is 2. The summed E-state index contributed by atoms with van der Waals surface area (Å²) < 4.78 is 0. The first kappa shape index (κ1) is 14.5. The lowest BCUT2D eigenvalue weighted by Gasteiger charge is -2.08. The van der Waals surface area contributed by atoms with Crippen molar-refractivity contribution in [1.29, 1.82) is 0 Å². The highest BCUT2D eigenvalue weighted by Gasteiger charge is 2.19. The number of phenols is 3. The molecule has 2 rings (SSSR count). The lowest BCUT2D eigenvalue weighted by atomic mass is 10.0. The van der Waals surface area contributed by atoms with Crippen molar-refractivity contribution in [2.24, 2.45) is 0 Å². The highest BCUT2D eigenvalue weighted by molar-refractivity contribution is 6.35. The summed E-state index contributed by atoms with van der Waals surface area (Å²) >= 11 is 11.7. The summed E-state index contributed by atoms with van der Waals surface area (Å²) in [5.74, 6) is -1.83. The molecule has 0 bridgehead atoms. The molecule has 0 heterocycles. The number of halogens is 2. The number of ketones is 1. The monoisotopic (exact) mass is 312 g/mol. The van der Waals surface area contributed by atoms with E-state index in [2.05, 4.69) is 0 Å². The van der Waals surface area contributed by atoms with Gasteiger partial charge in [-0.25, -0.2) is 0 Å². The van der Waals surface area contributed by atoms with Crippen LogP contribution in [-0.2, 0) is 6.42 Å². The number of carbonyl (C=O) groups excluding carboxylic acids is 1. The molecule has 0 aromatic heterocycles. The molecule has 0 aliphatic rings. The molecule has 0 atom stereocenters. The molecule has 0 spiro atoms. The van der Waals surface area contributed by atoms with E-state index < -0.39 is 17.3 Å². The van der Waals surface area contributed by atoms with Crippen molar-refractivity contribution in [2.45, 2.75) is 6.42 Å². The van der Waals surface area contributed by atoms with Gasteiger partial charge >= 0.3 is 0 Å². The molecule has 4 nitrogen and oxygen atoms in total. The summed E-state index contributed by atoms with van der Waals surface area (Å²) in [6, 6.07) is 6.65. The third-order valence-electron chi connectivity index (χ3n) is 2.73. The Balaban J connectivity index is 2.33. The van der Waals surface area contributed by atoms with Gasteiger partial charge in [-0.05, 0) is 17.7 Å². The molecule has 0 saturated heterocycles. The van der Waals surface area contributed by atoms with E-state index in [-0.39, 0.29) is 17.7 Å². The molecule has 104 valence electrons. The normalized spacial score (nSPS) is 10.5. The Bertz CT molecular complexity index is 660. The van der Waals surface area contributed by atoms with Crippen LogP contribution in [0.15, 0.2) is 30.3 Å². The van der Waals surface area contributed by atoms with Gasteiger partial charge in [0.1, 0.15) is 22.8 Å². The SMILES string of the molecule is O=C(Cc1ccc(Cl)cc1Cl)c1c(O)cc(O)cc1O. The third kappa shape index (κ3) is 2.98. The van der Waals surface area contributed by atoms with Crippen molar-refractivity contribution in [3.05, 3.63) is 51.5 Å². The van der Waals surface area contributed by atoms with Crippen LogP contribution in [0.1, 0.15) is 15.9 Å². The van der Waals surface area contributed by atoms with E-state index in [9.17, 15) is 20.1 Å². The van der Waals surface area contributed by atoms with Crippen molar-refractivity contribution in [2.75, 3.05) is 0 Å². The van der Waals surface area contributed by atoms with Crippen molar-refractivity contribution in [1.82, 2.24) is 0 Å². The minimum atomic E-state index is -0.524. The summed E-state index contributed by atoms with van der Waals surface area (Å²) in [4.78, 5) is 12.1. The van der Waals surface area contributed by atoms with E-state index in [0.717, 1.165) is 12.1 Å². The minimum Gasteiger partial charge on any atom is -0.508 e. The molecule has 0 fully saturated rings. The Morgan fingerprint density at radius 2 is 1.60 bits per heavy atom. The molecule has 0 aliphatic carbocycles. The number of rotatable bonds is 3. The van der Waals surface area contributed by atoms with Gasteiger partial charge in [0, 0.05) is 28.6 Å². The fourth-order valence-corrected chi connectivity index (χ4v) is 2.28. The summed E-state index contributed by atoms with van der Waals surface area (Å²) in [5.41, 5.74) is 0.266. The summed E-state index contributed by atoms with van der Waals surface area (Å²) in [6.07, 6.45) is -0.109. The van der Waals surface area contributed by atoms with E-state index in [0.29, 0.717) is 15.6 Å². The van der Waals surface area contributed by atoms with Gasteiger partial charge in [-0.2, -0.15) is 0 Å². The number of aromatic hydroxyl groups is 3. The molecule has 2 aromatic rings. The van der Waals surface area contributed by atoms with Crippen molar-refractivity contribution >= 4 is 29.0 Å². The average molecular weight is 313 g/mol. The highest BCUT2D eigenvalue weighted by atomic mass is 35.5. The molecule has 0 saturated carbocycles. The molecular weight excluding hydrogens is 303 g/mol. The zero-order chi connectivity index (χ0) is 14.9. The van der Waals surface area contributed by atoms with E-state index in [1.807, 2.05) is 0 Å². The second-order valence-electron chi connectivity index (χ2n) is 4.19. The molecule has 0 aliphatic heterocycles. The van der Waals surface area contributed by atoms with Crippen LogP contribution in [0.2, 0.25) is 10.0 Å². The third-order valence-corrected chi connectivity index (χ3v) is 3.31. The van der Waals surface area contributed by atoms with Gasteiger partial charge in [0.25, 0.3) is 0 Å². The summed E-state index contributed by atoms with van der Waals surface area (Å²) in [6.45, 7) is 0. The molecular formula is C14H10Cl2O4. The van der Waals surface area contributed by atoms with Crippen LogP contribution in [0.3, 0.4) is 0 Å². The smallest absolute Gasteiger partial charge is 0.174 e. The van der Waals surface area contributed by atoms with Gasteiger partial charge < -0.3 is 15.3 Å². The standard InChI is InChI=1S/C14H10Cl2O4/c15-8-2-1-7(10(16)4-8)3-11(18)14-12(19)5-9(17)6-13(14)20/h1-2,4-6,17,19-20H,3H2. The van der Waals surface area contributed by atoms with Crippen molar-refractivity contribution in [3.8, 4) is 17.2 Å². The molecule has 6 heteroatoms. The molecule has 0 radical (unpaired) electrons. The van der Waals surface area contributed by atoms with Crippen LogP contribution in [0.25, 0.3) is 0 Å². The van der Waals surface area contributed by atoms with Crippen LogP contribution in [0.5, 0.6) is 17.2 Å². The first-order chi connectivity index (χ1) is 9.38. The lowest BCUT2D eigenvalue weighted by Crippen LogP contribution is -2.05. The zero-order valence-corrected chi connectivity index (χ0v) is 11.6. The number of phenolic OH excluding ortho intramolecular Hbond substituents is 3. The second-order valence-corrected chi connectivity index (χ2v) is 5.04. The Kier molecular flexibility index (Phi) is 4.06. The second kappa shape index (κ2) is 5.61. The minimum absolute atomic E-state index is 0.109. The summed E-state index contributed by atoms with van der Waals surface area (Å²) in [5, 5.41) is 29.2. The Labute approximate surface area is 124 Å². The summed E-state index contributed by atoms with van der Waals surface area (Å²) in [7, 11) is 0. The van der Waals surface area contributed by atoms with E-state index in [1.165, 1.54) is 6.07 Å². The van der Waals surface area contributed by atoms with Crippen molar-refractivity contribution in [3.63, 3.8) is 0 Å². The largest absolute Gasteiger partial charge is 0.508 e. The quantitative estimate of drug-likeness (QED) is 0.758. The number of hydrogen-bond acceptors (Lipinski definition) is 4. The maximum absolute atomic E-state index is 12.1. The van der Waals surface area contributed by atoms with Gasteiger partial charge in [0.2, 0.25) is 0 Å². The maximum Gasteiger partial charge on any atom is 0.174 e. The Morgan fingerprint density at radius 3 is 2.15 bits per heavy atom. The predicted molar refractivity (Wildman–Crippen MR) is 75.9 cm³/mol. The van der Waals surface area contributed by atoms with E-state index >= 15 is 0 Å². The van der Waals surface area contributed by atoms with Crippen molar-refractivity contribution < 1.29 is 20.1 Å². The fraction of sp³-hybridized carbons (Fsp3) is 0.0714. The fourth-order valence-electron chi connectivity index (χ4n) is 1.81. The van der Waals surface area contributed by atoms with Gasteiger partial charge in [0.15, 0.2) is 5.78 Å². The van der Waals surface area contributed by atoms with Crippen LogP contribution in [0.4, 0.5) is 0 Å². The van der Waals surface area contributed by atoms with Crippen LogP contribution >= 0.6 is 23.2 Å².